The van der Waals surface area contributed by atoms with Crippen LogP contribution in [0.15, 0.2) is 83.0 Å². The standard InChI is InChI=1S/C27H23FN4O4/c1-16-23(26-30-25(31-36-26)17-10-12-19(28)13-11-17)24(18-6-4-8-21(14-18)34-2)29-27(33)32(16)20-7-5-9-22(15-20)35-3/h4-15,24H,1-3H3,(H,29,33). The normalized spacial score (nSPS) is 15.6. The maximum atomic E-state index is 13.4. The number of nitrogens with zero attached hydrogens (tertiary/aromatic N) is 3. The zero-order chi connectivity index (χ0) is 25.2. The second-order valence-electron chi connectivity index (χ2n) is 8.13. The minimum absolute atomic E-state index is 0.229. The van der Waals surface area contributed by atoms with Gasteiger partial charge in [0.1, 0.15) is 17.3 Å². The molecule has 5 rings (SSSR count). The highest BCUT2D eigenvalue weighted by molar-refractivity contribution is 6.01. The first-order valence-electron chi connectivity index (χ1n) is 11.2. The van der Waals surface area contributed by atoms with Crippen LogP contribution in [-0.4, -0.2) is 30.4 Å². The highest BCUT2D eigenvalue weighted by Crippen LogP contribution is 2.40. The van der Waals surface area contributed by atoms with Crippen LogP contribution < -0.4 is 19.7 Å². The van der Waals surface area contributed by atoms with Crippen molar-refractivity contribution < 1.29 is 23.2 Å². The molecule has 1 unspecified atom stereocenters. The van der Waals surface area contributed by atoms with Gasteiger partial charge in [0.15, 0.2) is 0 Å². The summed E-state index contributed by atoms with van der Waals surface area (Å²) in [6.07, 6.45) is 0. The monoisotopic (exact) mass is 486 g/mol. The lowest BCUT2D eigenvalue weighted by molar-refractivity contribution is 0.244. The predicted molar refractivity (Wildman–Crippen MR) is 132 cm³/mol. The highest BCUT2D eigenvalue weighted by atomic mass is 19.1. The summed E-state index contributed by atoms with van der Waals surface area (Å²) in [7, 11) is 3.15. The lowest BCUT2D eigenvalue weighted by Crippen LogP contribution is -2.46. The van der Waals surface area contributed by atoms with Gasteiger partial charge < -0.3 is 19.3 Å². The fourth-order valence-corrected chi connectivity index (χ4v) is 4.20. The van der Waals surface area contributed by atoms with Crippen molar-refractivity contribution in [1.29, 1.82) is 0 Å². The molecule has 182 valence electrons. The van der Waals surface area contributed by atoms with E-state index < -0.39 is 6.04 Å². The molecule has 1 atom stereocenters. The molecule has 8 nitrogen and oxygen atoms in total. The molecular formula is C27H23FN4O4. The van der Waals surface area contributed by atoms with Gasteiger partial charge in [0.2, 0.25) is 5.82 Å². The van der Waals surface area contributed by atoms with E-state index in [1.54, 1.807) is 38.5 Å². The molecule has 2 heterocycles. The molecule has 4 aromatic rings. The molecular weight excluding hydrogens is 463 g/mol. The lowest BCUT2D eigenvalue weighted by atomic mass is 9.94. The Morgan fingerprint density at radius 2 is 1.67 bits per heavy atom. The number of carbonyl (C=O) groups excluding carboxylic acids is 1. The molecule has 1 N–H and O–H groups in total. The zero-order valence-electron chi connectivity index (χ0n) is 19.9. The lowest BCUT2D eigenvalue weighted by Gasteiger charge is -2.35. The van der Waals surface area contributed by atoms with Crippen LogP contribution in [0.3, 0.4) is 0 Å². The summed E-state index contributed by atoms with van der Waals surface area (Å²) < 4.78 is 29.8. The number of rotatable bonds is 6. The first-order valence-corrected chi connectivity index (χ1v) is 11.2. The van der Waals surface area contributed by atoms with Crippen molar-refractivity contribution in [3.63, 3.8) is 0 Å². The van der Waals surface area contributed by atoms with Crippen LogP contribution in [0.4, 0.5) is 14.9 Å². The molecule has 2 amide bonds. The van der Waals surface area contributed by atoms with Crippen LogP contribution in [0.2, 0.25) is 0 Å². The summed E-state index contributed by atoms with van der Waals surface area (Å²) in [5.41, 5.74) is 3.22. The van der Waals surface area contributed by atoms with Crippen LogP contribution in [0.1, 0.15) is 24.4 Å². The Kier molecular flexibility index (Phi) is 6.12. The van der Waals surface area contributed by atoms with Gasteiger partial charge in [0, 0.05) is 17.3 Å². The van der Waals surface area contributed by atoms with Crippen LogP contribution in [-0.2, 0) is 0 Å². The first-order chi connectivity index (χ1) is 17.5. The average Bonchev–Trinajstić information content (AvgIpc) is 3.38. The van der Waals surface area contributed by atoms with E-state index in [-0.39, 0.29) is 17.7 Å². The number of hydrogen-bond donors (Lipinski definition) is 1. The maximum Gasteiger partial charge on any atom is 0.327 e. The molecule has 1 aliphatic heterocycles. The molecule has 1 aromatic heterocycles. The molecule has 3 aromatic carbocycles. The van der Waals surface area contributed by atoms with Gasteiger partial charge in [-0.05, 0) is 61.0 Å². The molecule has 0 saturated heterocycles. The van der Waals surface area contributed by atoms with Gasteiger partial charge in [-0.15, -0.1) is 0 Å². The molecule has 0 saturated carbocycles. The van der Waals surface area contributed by atoms with Crippen LogP contribution in [0, 0.1) is 5.82 Å². The van der Waals surface area contributed by atoms with Crippen molar-refractivity contribution in [2.45, 2.75) is 13.0 Å². The number of allylic oxidation sites excluding steroid dienone is 1. The van der Waals surface area contributed by atoms with Gasteiger partial charge in [-0.2, -0.15) is 4.98 Å². The van der Waals surface area contributed by atoms with Gasteiger partial charge in [-0.3, -0.25) is 4.90 Å². The van der Waals surface area contributed by atoms with Gasteiger partial charge in [0.25, 0.3) is 5.89 Å². The fraction of sp³-hybridized carbons (Fsp3) is 0.148. The number of benzene rings is 3. The second-order valence-corrected chi connectivity index (χ2v) is 8.13. The first kappa shape index (κ1) is 23.1. The fourth-order valence-electron chi connectivity index (χ4n) is 4.20. The molecule has 0 radical (unpaired) electrons. The van der Waals surface area contributed by atoms with E-state index in [1.807, 2.05) is 43.3 Å². The summed E-state index contributed by atoms with van der Waals surface area (Å²) >= 11 is 0. The van der Waals surface area contributed by atoms with E-state index in [1.165, 1.54) is 17.0 Å². The number of hydrogen-bond acceptors (Lipinski definition) is 6. The third kappa shape index (κ3) is 4.26. The zero-order valence-corrected chi connectivity index (χ0v) is 19.9. The topological polar surface area (TPSA) is 89.7 Å². The summed E-state index contributed by atoms with van der Waals surface area (Å²) in [6, 6.07) is 19.5. The summed E-state index contributed by atoms with van der Waals surface area (Å²) in [4.78, 5) is 19.5. The molecule has 0 fully saturated rings. The number of amides is 2. The Bertz CT molecular complexity index is 1450. The Morgan fingerprint density at radius 1 is 0.972 bits per heavy atom. The molecule has 0 aliphatic carbocycles. The molecule has 0 spiro atoms. The van der Waals surface area contributed by atoms with E-state index in [4.69, 9.17) is 14.0 Å². The predicted octanol–water partition coefficient (Wildman–Crippen LogP) is 5.60. The number of anilines is 1. The van der Waals surface area contributed by atoms with Crippen molar-refractivity contribution in [1.82, 2.24) is 15.5 Å². The third-order valence-corrected chi connectivity index (χ3v) is 5.98. The Balaban J connectivity index is 1.66. The SMILES string of the molecule is COc1cccc(C2NC(=O)N(c3cccc(OC)c3)C(C)=C2c2nc(-c3ccc(F)cc3)no2)c1. The number of carbonyl (C=O) groups is 1. The quantitative estimate of drug-likeness (QED) is 0.382. The van der Waals surface area contributed by atoms with Gasteiger partial charge in [0.05, 0.1) is 31.5 Å². The Labute approximate surface area is 207 Å². The van der Waals surface area contributed by atoms with E-state index in [0.717, 1.165) is 5.56 Å². The summed E-state index contributed by atoms with van der Waals surface area (Å²) in [5.74, 6) is 1.43. The summed E-state index contributed by atoms with van der Waals surface area (Å²) in [5, 5.41) is 7.17. The minimum atomic E-state index is -0.587. The Morgan fingerprint density at radius 3 is 2.39 bits per heavy atom. The number of ether oxygens (including phenoxy) is 2. The smallest absolute Gasteiger partial charge is 0.327 e. The van der Waals surface area contributed by atoms with Crippen molar-refractivity contribution in [2.75, 3.05) is 19.1 Å². The van der Waals surface area contributed by atoms with Crippen molar-refractivity contribution in [3.8, 4) is 22.9 Å². The van der Waals surface area contributed by atoms with Crippen LogP contribution in [0.5, 0.6) is 11.5 Å². The number of nitrogens with one attached hydrogen (secondary N) is 1. The molecule has 1 aliphatic rings. The van der Waals surface area contributed by atoms with E-state index >= 15 is 0 Å². The minimum Gasteiger partial charge on any atom is -0.497 e. The van der Waals surface area contributed by atoms with Gasteiger partial charge in [-0.25, -0.2) is 9.18 Å². The Hall–Kier alpha value is -4.66. The highest BCUT2D eigenvalue weighted by Gasteiger charge is 2.36. The van der Waals surface area contributed by atoms with Crippen molar-refractivity contribution in [2.24, 2.45) is 0 Å². The molecule has 36 heavy (non-hydrogen) atoms. The van der Waals surface area contributed by atoms with E-state index in [0.29, 0.717) is 39.8 Å². The van der Waals surface area contributed by atoms with Gasteiger partial charge in [-0.1, -0.05) is 23.4 Å². The number of methoxy groups -OCH3 is 2. The third-order valence-electron chi connectivity index (χ3n) is 5.98. The van der Waals surface area contributed by atoms with Crippen LogP contribution >= 0.6 is 0 Å². The number of aromatic nitrogens is 2. The molecule has 0 bridgehead atoms. The number of urea groups is 1. The summed E-state index contributed by atoms with van der Waals surface area (Å²) in [6.45, 7) is 1.82. The van der Waals surface area contributed by atoms with Crippen molar-refractivity contribution >= 4 is 17.3 Å². The largest absolute Gasteiger partial charge is 0.497 e. The van der Waals surface area contributed by atoms with Crippen LogP contribution in [0.25, 0.3) is 17.0 Å². The second kappa shape index (κ2) is 9.53. The van der Waals surface area contributed by atoms with Gasteiger partial charge >= 0.3 is 6.03 Å². The maximum absolute atomic E-state index is 13.4. The average molecular weight is 487 g/mol. The van der Waals surface area contributed by atoms with Crippen molar-refractivity contribution in [3.05, 3.63) is 95.8 Å². The number of halogens is 1. The van der Waals surface area contributed by atoms with E-state index in [9.17, 15) is 9.18 Å². The molecule has 9 heteroatoms. The van der Waals surface area contributed by atoms with E-state index in [2.05, 4.69) is 15.5 Å².